The van der Waals surface area contributed by atoms with Crippen LogP contribution in [0.4, 0.5) is 5.69 Å². The van der Waals surface area contributed by atoms with Gasteiger partial charge in [-0.05, 0) is 19.1 Å². The topological polar surface area (TPSA) is 108 Å². The molecule has 1 aliphatic rings. The fraction of sp³-hybridized carbons (Fsp3) is 0.385. The zero-order chi connectivity index (χ0) is 14.8. The number of carbonyl (C=O) groups excluding carboxylic acids is 1. The van der Waals surface area contributed by atoms with E-state index in [4.69, 9.17) is 9.84 Å². The molecule has 0 radical (unpaired) electrons. The number of carboxylic acids is 1. The largest absolute Gasteiger partial charge is 0.507 e. The maximum absolute atomic E-state index is 11.7. The lowest BCUT2D eigenvalue weighted by Crippen LogP contribution is -2.59. The third kappa shape index (κ3) is 3.25. The van der Waals surface area contributed by atoms with Crippen molar-refractivity contribution in [1.82, 2.24) is 5.32 Å². The van der Waals surface area contributed by atoms with Crippen LogP contribution in [0.2, 0.25) is 0 Å². The summed E-state index contributed by atoms with van der Waals surface area (Å²) < 4.78 is 5.46. The van der Waals surface area contributed by atoms with Gasteiger partial charge in [0.05, 0.1) is 5.60 Å². The van der Waals surface area contributed by atoms with Gasteiger partial charge in [-0.15, -0.1) is 0 Å². The first kappa shape index (κ1) is 14.3. The highest BCUT2D eigenvalue weighted by Gasteiger charge is 2.33. The molecule has 4 N–H and O–H groups in total. The molecule has 1 aromatic carbocycles. The Labute approximate surface area is 115 Å². The summed E-state index contributed by atoms with van der Waals surface area (Å²) in [6.07, 6.45) is 0. The van der Waals surface area contributed by atoms with Gasteiger partial charge in [-0.2, -0.15) is 0 Å². The summed E-state index contributed by atoms with van der Waals surface area (Å²) in [7, 11) is 0. The number of amides is 1. The van der Waals surface area contributed by atoms with Crippen LogP contribution >= 0.6 is 0 Å². The van der Waals surface area contributed by atoms with Gasteiger partial charge in [0.25, 0.3) is 0 Å². The van der Waals surface area contributed by atoms with Crippen molar-refractivity contribution in [2.24, 2.45) is 0 Å². The summed E-state index contributed by atoms with van der Waals surface area (Å²) in [5.41, 5.74) is -0.211. The number of benzene rings is 1. The second-order valence-corrected chi connectivity index (χ2v) is 4.93. The predicted molar refractivity (Wildman–Crippen MR) is 70.9 cm³/mol. The summed E-state index contributed by atoms with van der Waals surface area (Å²) in [4.78, 5) is 22.4. The molecular weight excluding hydrogens is 264 g/mol. The van der Waals surface area contributed by atoms with Crippen LogP contribution in [-0.4, -0.2) is 47.4 Å². The van der Waals surface area contributed by atoms with Crippen molar-refractivity contribution in [2.45, 2.75) is 12.5 Å². The second-order valence-electron chi connectivity index (χ2n) is 4.93. The molecule has 7 heteroatoms. The first-order valence-corrected chi connectivity index (χ1v) is 6.10. The normalized spacial score (nSPS) is 16.2. The molecule has 108 valence electrons. The lowest BCUT2D eigenvalue weighted by atomic mass is 10.0. The minimum atomic E-state index is -1.23. The summed E-state index contributed by atoms with van der Waals surface area (Å²) in [5, 5.41) is 23.9. The number of hydrogen-bond donors (Lipinski definition) is 4. The van der Waals surface area contributed by atoms with Gasteiger partial charge in [0, 0.05) is 24.8 Å². The minimum Gasteiger partial charge on any atom is -0.507 e. The summed E-state index contributed by atoms with van der Waals surface area (Å²) in [5.74, 6) is -1.99. The molecule has 7 nitrogen and oxygen atoms in total. The number of nitrogens with one attached hydrogen (secondary N) is 2. The van der Waals surface area contributed by atoms with Gasteiger partial charge in [-0.3, -0.25) is 4.79 Å². The van der Waals surface area contributed by atoms with E-state index in [0.717, 1.165) is 0 Å². The Hall–Kier alpha value is -2.12. The van der Waals surface area contributed by atoms with Gasteiger partial charge in [-0.1, -0.05) is 0 Å². The van der Waals surface area contributed by atoms with E-state index in [1.54, 1.807) is 0 Å². The highest BCUT2D eigenvalue weighted by Crippen LogP contribution is 2.22. The Kier molecular flexibility index (Phi) is 3.91. The molecule has 0 atom stereocenters. The SMILES string of the molecule is CC1(OCC(=O)Nc2ccc(C(=O)O)c(O)c2)CNC1. The number of ether oxygens (including phenoxy) is 1. The standard InChI is InChI=1S/C13H16N2O5/c1-13(6-14-7-13)20-5-11(17)15-8-2-3-9(12(18)19)10(16)4-8/h2-4,14,16H,5-7H2,1H3,(H,15,17)(H,18,19). The fourth-order valence-corrected chi connectivity index (χ4v) is 1.81. The van der Waals surface area contributed by atoms with Crippen LogP contribution < -0.4 is 10.6 Å². The fourth-order valence-electron chi connectivity index (χ4n) is 1.81. The molecular formula is C13H16N2O5. The molecule has 1 amide bonds. The highest BCUT2D eigenvalue weighted by molar-refractivity contribution is 5.94. The Bertz CT molecular complexity index is 540. The van der Waals surface area contributed by atoms with Gasteiger partial charge in [0.2, 0.25) is 5.91 Å². The first-order valence-electron chi connectivity index (χ1n) is 6.10. The number of carbonyl (C=O) groups is 2. The number of aromatic carboxylic acids is 1. The molecule has 1 saturated heterocycles. The predicted octanol–water partition coefficient (Wildman–Crippen LogP) is 0.407. The van der Waals surface area contributed by atoms with E-state index in [0.29, 0.717) is 18.8 Å². The lowest BCUT2D eigenvalue weighted by Gasteiger charge is -2.38. The third-order valence-electron chi connectivity index (χ3n) is 3.06. The number of aromatic hydroxyl groups is 1. The number of hydrogen-bond acceptors (Lipinski definition) is 5. The molecule has 0 aliphatic carbocycles. The Morgan fingerprint density at radius 2 is 2.15 bits per heavy atom. The van der Waals surface area contributed by atoms with E-state index < -0.39 is 11.7 Å². The number of phenols is 1. The Balaban J connectivity index is 1.91. The smallest absolute Gasteiger partial charge is 0.339 e. The minimum absolute atomic E-state index is 0.0976. The van der Waals surface area contributed by atoms with Gasteiger partial charge in [0.15, 0.2) is 0 Å². The van der Waals surface area contributed by atoms with Crippen molar-refractivity contribution in [3.63, 3.8) is 0 Å². The van der Waals surface area contributed by atoms with Crippen LogP contribution in [0.5, 0.6) is 5.75 Å². The van der Waals surface area contributed by atoms with Crippen molar-refractivity contribution in [3.8, 4) is 5.75 Å². The zero-order valence-corrected chi connectivity index (χ0v) is 11.0. The molecule has 0 bridgehead atoms. The van der Waals surface area contributed by atoms with Crippen molar-refractivity contribution in [1.29, 1.82) is 0 Å². The Morgan fingerprint density at radius 1 is 1.45 bits per heavy atom. The quantitative estimate of drug-likeness (QED) is 0.622. The maximum atomic E-state index is 11.7. The summed E-state index contributed by atoms with van der Waals surface area (Å²) in [6, 6.07) is 3.83. The number of carboxylic acid groups (broad SMARTS) is 1. The summed E-state index contributed by atoms with van der Waals surface area (Å²) in [6.45, 7) is 3.21. The van der Waals surface area contributed by atoms with Crippen molar-refractivity contribution in [2.75, 3.05) is 25.0 Å². The van der Waals surface area contributed by atoms with E-state index in [9.17, 15) is 14.7 Å². The Morgan fingerprint density at radius 3 is 2.65 bits per heavy atom. The van der Waals surface area contributed by atoms with E-state index in [2.05, 4.69) is 10.6 Å². The molecule has 20 heavy (non-hydrogen) atoms. The third-order valence-corrected chi connectivity index (χ3v) is 3.06. The second kappa shape index (κ2) is 5.48. The molecule has 2 rings (SSSR count). The average molecular weight is 280 g/mol. The molecule has 1 heterocycles. The van der Waals surface area contributed by atoms with Crippen LogP contribution in [-0.2, 0) is 9.53 Å². The van der Waals surface area contributed by atoms with Gasteiger partial charge < -0.3 is 25.6 Å². The van der Waals surface area contributed by atoms with Crippen LogP contribution in [0.15, 0.2) is 18.2 Å². The lowest BCUT2D eigenvalue weighted by molar-refractivity contribution is -0.130. The zero-order valence-electron chi connectivity index (χ0n) is 11.0. The van der Waals surface area contributed by atoms with Crippen LogP contribution in [0.25, 0.3) is 0 Å². The van der Waals surface area contributed by atoms with E-state index in [1.165, 1.54) is 18.2 Å². The summed E-state index contributed by atoms with van der Waals surface area (Å²) >= 11 is 0. The average Bonchev–Trinajstić information content (AvgIpc) is 2.33. The van der Waals surface area contributed by atoms with Crippen molar-refractivity contribution in [3.05, 3.63) is 23.8 Å². The van der Waals surface area contributed by atoms with E-state index in [1.807, 2.05) is 6.92 Å². The van der Waals surface area contributed by atoms with Crippen molar-refractivity contribution < 1.29 is 24.5 Å². The monoisotopic (exact) mass is 280 g/mol. The van der Waals surface area contributed by atoms with E-state index >= 15 is 0 Å². The maximum Gasteiger partial charge on any atom is 0.339 e. The van der Waals surface area contributed by atoms with Gasteiger partial charge in [-0.25, -0.2) is 4.79 Å². The molecule has 1 aromatic rings. The van der Waals surface area contributed by atoms with Gasteiger partial charge >= 0.3 is 5.97 Å². The number of rotatable bonds is 5. The van der Waals surface area contributed by atoms with Crippen LogP contribution in [0.1, 0.15) is 17.3 Å². The molecule has 0 aromatic heterocycles. The van der Waals surface area contributed by atoms with Crippen LogP contribution in [0, 0.1) is 0 Å². The first-order chi connectivity index (χ1) is 9.39. The van der Waals surface area contributed by atoms with Crippen molar-refractivity contribution >= 4 is 17.6 Å². The molecule has 0 saturated carbocycles. The van der Waals surface area contributed by atoms with E-state index in [-0.39, 0.29) is 23.7 Å². The van der Waals surface area contributed by atoms with Gasteiger partial charge in [0.1, 0.15) is 17.9 Å². The molecule has 1 aliphatic heterocycles. The number of anilines is 1. The van der Waals surface area contributed by atoms with Crippen LogP contribution in [0.3, 0.4) is 0 Å². The molecule has 1 fully saturated rings. The highest BCUT2D eigenvalue weighted by atomic mass is 16.5. The molecule has 0 spiro atoms. The molecule has 0 unspecified atom stereocenters.